The highest BCUT2D eigenvalue weighted by molar-refractivity contribution is 6.03. The molecule has 0 bridgehead atoms. The van der Waals surface area contributed by atoms with Crippen LogP contribution in [0.1, 0.15) is 10.4 Å². The van der Waals surface area contributed by atoms with Gasteiger partial charge in [-0.1, -0.05) is 0 Å². The van der Waals surface area contributed by atoms with Crippen LogP contribution in [0.3, 0.4) is 0 Å². The quantitative estimate of drug-likeness (QED) is 0.721. The number of aromatic nitrogens is 1. The molecule has 0 saturated heterocycles. The second kappa shape index (κ2) is 5.35. The van der Waals surface area contributed by atoms with Crippen molar-refractivity contribution in [1.82, 2.24) is 4.98 Å². The maximum absolute atomic E-state index is 13.9. The lowest BCUT2D eigenvalue weighted by molar-refractivity contribution is 0.0699. The smallest absolute Gasteiger partial charge is 0.336 e. The average Bonchev–Trinajstić information content (AvgIpc) is 2.49. The van der Waals surface area contributed by atoms with Gasteiger partial charge in [0.1, 0.15) is 11.3 Å². The van der Waals surface area contributed by atoms with Gasteiger partial charge in [0.2, 0.25) is 0 Å². The molecule has 23 heavy (non-hydrogen) atoms. The molecule has 116 valence electrons. The second-order valence-corrected chi connectivity index (χ2v) is 4.77. The van der Waals surface area contributed by atoms with Gasteiger partial charge in [0.05, 0.1) is 11.3 Å². The van der Waals surface area contributed by atoms with Crippen LogP contribution in [0.5, 0.6) is 0 Å². The van der Waals surface area contributed by atoms with E-state index in [0.717, 1.165) is 24.3 Å². The molecule has 1 N–H and O–H groups in total. The first-order valence-corrected chi connectivity index (χ1v) is 6.35. The van der Waals surface area contributed by atoms with Gasteiger partial charge in [-0.3, -0.25) is 0 Å². The molecule has 0 atom stereocenters. The van der Waals surface area contributed by atoms with E-state index in [0.29, 0.717) is 6.07 Å². The molecule has 1 aromatic heterocycles. The van der Waals surface area contributed by atoms with Crippen molar-refractivity contribution in [2.45, 2.75) is 0 Å². The highest BCUT2D eigenvalue weighted by atomic mass is 19.2. The number of pyridine rings is 1. The van der Waals surface area contributed by atoms with Crippen molar-refractivity contribution in [3.05, 3.63) is 65.2 Å². The van der Waals surface area contributed by atoms with Crippen LogP contribution in [0.25, 0.3) is 22.2 Å². The highest BCUT2D eigenvalue weighted by Gasteiger charge is 2.17. The fourth-order valence-electron chi connectivity index (χ4n) is 2.23. The van der Waals surface area contributed by atoms with E-state index in [1.807, 2.05) is 0 Å². The number of hydrogen-bond donors (Lipinski definition) is 1. The Hall–Kier alpha value is -2.96. The van der Waals surface area contributed by atoms with Crippen LogP contribution in [0.2, 0.25) is 0 Å². The zero-order valence-electron chi connectivity index (χ0n) is 11.3. The molecule has 0 fully saturated rings. The van der Waals surface area contributed by atoms with E-state index in [1.165, 1.54) is 6.07 Å². The van der Waals surface area contributed by atoms with Crippen LogP contribution in [-0.2, 0) is 0 Å². The molecule has 3 rings (SSSR count). The molecule has 0 aliphatic rings. The van der Waals surface area contributed by atoms with Gasteiger partial charge in [0.25, 0.3) is 0 Å². The van der Waals surface area contributed by atoms with Crippen LogP contribution < -0.4 is 0 Å². The topological polar surface area (TPSA) is 50.2 Å². The standard InChI is InChI=1S/C16H7F4NO2/c17-8-4-9-10(16(22)23)6-14(21-15(9)13(20)5-8)7-1-2-11(18)12(19)3-7/h1-6H,(H,22,23). The highest BCUT2D eigenvalue weighted by Crippen LogP contribution is 2.28. The summed E-state index contributed by atoms with van der Waals surface area (Å²) in [6.07, 6.45) is 0. The van der Waals surface area contributed by atoms with Crippen molar-refractivity contribution in [1.29, 1.82) is 0 Å². The van der Waals surface area contributed by atoms with Crippen LogP contribution >= 0.6 is 0 Å². The Kier molecular flexibility index (Phi) is 3.48. The molecular weight excluding hydrogens is 314 g/mol. The van der Waals surface area contributed by atoms with Gasteiger partial charge in [-0.05, 0) is 30.3 Å². The lowest BCUT2D eigenvalue weighted by Gasteiger charge is -2.08. The van der Waals surface area contributed by atoms with Gasteiger partial charge in [0, 0.05) is 17.0 Å². The van der Waals surface area contributed by atoms with Gasteiger partial charge in [0.15, 0.2) is 17.5 Å². The monoisotopic (exact) mass is 321 g/mol. The third-order valence-corrected chi connectivity index (χ3v) is 3.28. The molecule has 7 heteroatoms. The number of nitrogens with zero attached hydrogens (tertiary/aromatic N) is 1. The van der Waals surface area contributed by atoms with Crippen molar-refractivity contribution in [2.24, 2.45) is 0 Å². The Balaban J connectivity index is 2.34. The van der Waals surface area contributed by atoms with Crippen LogP contribution in [0, 0.1) is 23.3 Å². The van der Waals surface area contributed by atoms with Crippen molar-refractivity contribution in [3.63, 3.8) is 0 Å². The van der Waals surface area contributed by atoms with E-state index in [2.05, 4.69) is 4.98 Å². The number of hydrogen-bond acceptors (Lipinski definition) is 2. The van der Waals surface area contributed by atoms with Gasteiger partial charge in [-0.25, -0.2) is 27.3 Å². The van der Waals surface area contributed by atoms with E-state index in [-0.39, 0.29) is 22.2 Å². The first-order valence-electron chi connectivity index (χ1n) is 6.35. The zero-order valence-corrected chi connectivity index (χ0v) is 11.3. The lowest BCUT2D eigenvalue weighted by Crippen LogP contribution is -2.02. The van der Waals surface area contributed by atoms with E-state index in [9.17, 15) is 27.5 Å². The molecule has 3 aromatic rings. The van der Waals surface area contributed by atoms with E-state index in [4.69, 9.17) is 0 Å². The molecule has 1 heterocycles. The number of fused-ring (bicyclic) bond motifs is 1. The molecule has 0 saturated carbocycles. The van der Waals surface area contributed by atoms with Crippen LogP contribution in [-0.4, -0.2) is 16.1 Å². The minimum absolute atomic E-state index is 0.0667. The zero-order chi connectivity index (χ0) is 16.7. The first kappa shape index (κ1) is 15.0. The summed E-state index contributed by atoms with van der Waals surface area (Å²) in [5.41, 5.74) is -0.768. The Morgan fingerprint density at radius 1 is 0.913 bits per heavy atom. The Morgan fingerprint density at radius 3 is 2.30 bits per heavy atom. The number of rotatable bonds is 2. The van der Waals surface area contributed by atoms with Gasteiger partial charge >= 0.3 is 5.97 Å². The summed E-state index contributed by atoms with van der Waals surface area (Å²) in [7, 11) is 0. The molecule has 0 aliphatic heterocycles. The largest absolute Gasteiger partial charge is 0.478 e. The molecule has 2 aromatic carbocycles. The number of aromatic carboxylic acids is 1. The summed E-state index contributed by atoms with van der Waals surface area (Å²) in [6.45, 7) is 0. The number of benzene rings is 2. The Bertz CT molecular complexity index is 956. The van der Waals surface area contributed by atoms with Gasteiger partial charge in [-0.2, -0.15) is 0 Å². The maximum Gasteiger partial charge on any atom is 0.336 e. The minimum Gasteiger partial charge on any atom is -0.478 e. The molecule has 3 nitrogen and oxygen atoms in total. The average molecular weight is 321 g/mol. The third-order valence-electron chi connectivity index (χ3n) is 3.28. The van der Waals surface area contributed by atoms with Crippen LogP contribution in [0.4, 0.5) is 17.6 Å². The maximum atomic E-state index is 13.9. The molecule has 0 aliphatic carbocycles. The van der Waals surface area contributed by atoms with Gasteiger partial charge < -0.3 is 5.11 Å². The van der Waals surface area contributed by atoms with Crippen LogP contribution in [0.15, 0.2) is 36.4 Å². The number of carboxylic acid groups (broad SMARTS) is 1. The second-order valence-electron chi connectivity index (χ2n) is 4.77. The fraction of sp³-hybridized carbons (Fsp3) is 0. The van der Waals surface area contributed by atoms with E-state index in [1.54, 1.807) is 0 Å². The van der Waals surface area contributed by atoms with Crippen molar-refractivity contribution < 1.29 is 27.5 Å². The molecular formula is C16H7F4NO2. The summed E-state index contributed by atoms with van der Waals surface area (Å²) >= 11 is 0. The molecule has 0 spiro atoms. The summed E-state index contributed by atoms with van der Waals surface area (Å²) in [5, 5.41) is 9.01. The van der Waals surface area contributed by atoms with E-state index >= 15 is 0 Å². The first-order chi connectivity index (χ1) is 10.9. The Labute approximate surface area is 126 Å². The fourth-order valence-corrected chi connectivity index (χ4v) is 2.23. The lowest BCUT2D eigenvalue weighted by atomic mass is 10.0. The molecule has 0 radical (unpaired) electrons. The molecule has 0 unspecified atom stereocenters. The Morgan fingerprint density at radius 2 is 1.65 bits per heavy atom. The van der Waals surface area contributed by atoms with Crippen molar-refractivity contribution >= 4 is 16.9 Å². The summed E-state index contributed by atoms with van der Waals surface area (Å²) in [6, 6.07) is 5.31. The molecule has 0 amide bonds. The normalized spacial score (nSPS) is 11.0. The van der Waals surface area contributed by atoms with Crippen molar-refractivity contribution in [2.75, 3.05) is 0 Å². The van der Waals surface area contributed by atoms with Crippen molar-refractivity contribution in [3.8, 4) is 11.3 Å². The third kappa shape index (κ3) is 2.61. The predicted molar refractivity (Wildman–Crippen MR) is 74.0 cm³/mol. The minimum atomic E-state index is -1.42. The van der Waals surface area contributed by atoms with E-state index < -0.39 is 34.8 Å². The summed E-state index contributed by atoms with van der Waals surface area (Å²) in [5.74, 6) is -5.65. The number of halogens is 4. The number of carboxylic acids is 1. The predicted octanol–water partition coefficient (Wildman–Crippen LogP) is 4.16. The van der Waals surface area contributed by atoms with Gasteiger partial charge in [-0.15, -0.1) is 0 Å². The SMILES string of the molecule is O=C(O)c1cc(-c2ccc(F)c(F)c2)nc2c(F)cc(F)cc12. The summed E-state index contributed by atoms with van der Waals surface area (Å²) < 4.78 is 53.5. The number of carbonyl (C=O) groups is 1. The summed E-state index contributed by atoms with van der Waals surface area (Å²) in [4.78, 5) is 15.2.